The molecule has 0 fully saturated rings. The number of hydrogen-bond acceptors (Lipinski definition) is 6. The smallest absolute Gasteiger partial charge is 0.325 e. The van der Waals surface area contributed by atoms with Gasteiger partial charge in [-0.25, -0.2) is 14.8 Å². The van der Waals surface area contributed by atoms with Gasteiger partial charge >= 0.3 is 5.69 Å². The Balaban J connectivity index is 1.88. The van der Waals surface area contributed by atoms with E-state index in [0.717, 1.165) is 0 Å². The maximum Gasteiger partial charge on any atom is 0.325 e. The number of H-pyrrole nitrogens is 2. The van der Waals surface area contributed by atoms with Crippen molar-refractivity contribution in [1.29, 1.82) is 0 Å². The first-order valence-electron chi connectivity index (χ1n) is 7.22. The SMILES string of the molecule is Cc1cc(NCc2c[nH]c(=O)[nH]c2=O)nc(-c2ccccc2O)n1. The van der Waals surface area contributed by atoms with E-state index in [1.54, 1.807) is 30.3 Å². The molecule has 4 N–H and O–H groups in total. The fourth-order valence-electron chi connectivity index (χ4n) is 2.20. The number of aromatic nitrogens is 4. The molecule has 0 saturated carbocycles. The number of nitrogens with one attached hydrogen (secondary N) is 3. The average molecular weight is 325 g/mol. The zero-order chi connectivity index (χ0) is 17.1. The molecule has 3 rings (SSSR count). The molecule has 24 heavy (non-hydrogen) atoms. The van der Waals surface area contributed by atoms with Crippen molar-refractivity contribution in [2.75, 3.05) is 5.32 Å². The summed E-state index contributed by atoms with van der Waals surface area (Å²) in [5.74, 6) is 0.975. The summed E-state index contributed by atoms with van der Waals surface area (Å²) in [5.41, 5.74) is 0.587. The van der Waals surface area contributed by atoms with Crippen LogP contribution in [0.2, 0.25) is 0 Å². The standard InChI is InChI=1S/C16H15N5O3/c1-9-6-13(17-7-10-8-18-16(24)21-15(10)23)20-14(19-9)11-4-2-3-5-12(11)22/h2-6,8,22H,7H2,1H3,(H,17,19,20)(H2,18,21,23,24). The van der Waals surface area contributed by atoms with Gasteiger partial charge in [-0.3, -0.25) is 9.78 Å². The molecule has 0 bridgehead atoms. The Bertz CT molecular complexity index is 993. The van der Waals surface area contributed by atoms with Gasteiger partial charge in [-0.2, -0.15) is 0 Å². The lowest BCUT2D eigenvalue weighted by Crippen LogP contribution is -2.25. The molecule has 0 spiro atoms. The van der Waals surface area contributed by atoms with Crippen molar-refractivity contribution in [1.82, 2.24) is 19.9 Å². The maximum absolute atomic E-state index is 11.7. The molecule has 0 unspecified atom stereocenters. The van der Waals surface area contributed by atoms with E-state index in [0.29, 0.717) is 28.5 Å². The first kappa shape index (κ1) is 15.5. The molecule has 0 aliphatic rings. The highest BCUT2D eigenvalue weighted by Gasteiger charge is 2.09. The number of anilines is 1. The summed E-state index contributed by atoms with van der Waals surface area (Å²) in [7, 11) is 0. The van der Waals surface area contributed by atoms with Crippen molar-refractivity contribution in [2.24, 2.45) is 0 Å². The number of para-hydroxylation sites is 1. The number of hydrogen-bond donors (Lipinski definition) is 4. The molecule has 8 nitrogen and oxygen atoms in total. The van der Waals surface area contributed by atoms with E-state index in [4.69, 9.17) is 0 Å². The van der Waals surface area contributed by atoms with Crippen LogP contribution in [0.15, 0.2) is 46.1 Å². The summed E-state index contributed by atoms with van der Waals surface area (Å²) < 4.78 is 0. The number of aryl methyl sites for hydroxylation is 1. The quantitative estimate of drug-likeness (QED) is 0.570. The molecule has 3 aromatic rings. The third kappa shape index (κ3) is 3.32. The zero-order valence-electron chi connectivity index (χ0n) is 12.8. The van der Waals surface area contributed by atoms with Crippen LogP contribution in [0.4, 0.5) is 5.82 Å². The Morgan fingerprint density at radius 2 is 2.00 bits per heavy atom. The van der Waals surface area contributed by atoms with Crippen LogP contribution < -0.4 is 16.6 Å². The summed E-state index contributed by atoms with van der Waals surface area (Å²) >= 11 is 0. The van der Waals surface area contributed by atoms with Gasteiger partial charge in [0.2, 0.25) is 0 Å². The van der Waals surface area contributed by atoms with Gasteiger partial charge in [0.25, 0.3) is 5.56 Å². The predicted octanol–water partition coefficient (Wildman–Crippen LogP) is 1.15. The minimum absolute atomic E-state index is 0.0890. The molecule has 0 aliphatic carbocycles. The minimum Gasteiger partial charge on any atom is -0.507 e. The van der Waals surface area contributed by atoms with E-state index < -0.39 is 11.2 Å². The van der Waals surface area contributed by atoms with Crippen LogP contribution in [0.3, 0.4) is 0 Å². The molecule has 0 aliphatic heterocycles. The molecule has 122 valence electrons. The van der Waals surface area contributed by atoms with Crippen LogP contribution in [0, 0.1) is 6.92 Å². The second kappa shape index (κ2) is 6.37. The Labute approximate surface area is 136 Å². The molecular weight excluding hydrogens is 310 g/mol. The highest BCUT2D eigenvalue weighted by atomic mass is 16.3. The molecule has 1 aromatic carbocycles. The molecule has 8 heteroatoms. The summed E-state index contributed by atoms with van der Waals surface area (Å²) in [6, 6.07) is 8.52. The number of rotatable bonds is 4. The zero-order valence-corrected chi connectivity index (χ0v) is 12.8. The lowest BCUT2D eigenvalue weighted by Gasteiger charge is -2.09. The van der Waals surface area contributed by atoms with Crippen LogP contribution in [0.5, 0.6) is 5.75 Å². The maximum atomic E-state index is 11.7. The van der Waals surface area contributed by atoms with Crippen LogP contribution in [0.1, 0.15) is 11.3 Å². The summed E-state index contributed by atoms with van der Waals surface area (Å²) in [5, 5.41) is 13.0. The average Bonchev–Trinajstić information content (AvgIpc) is 2.54. The van der Waals surface area contributed by atoms with Gasteiger partial charge in [-0.05, 0) is 19.1 Å². The fourth-order valence-corrected chi connectivity index (χ4v) is 2.20. The third-order valence-electron chi connectivity index (χ3n) is 3.36. The Morgan fingerprint density at radius 1 is 1.21 bits per heavy atom. The lowest BCUT2D eigenvalue weighted by molar-refractivity contribution is 0.477. The Kier molecular flexibility index (Phi) is 4.11. The van der Waals surface area contributed by atoms with Crippen molar-refractivity contribution >= 4 is 5.82 Å². The number of phenols is 1. The second-order valence-electron chi connectivity index (χ2n) is 5.19. The van der Waals surface area contributed by atoms with E-state index >= 15 is 0 Å². The summed E-state index contributed by atoms with van der Waals surface area (Å²) in [6.07, 6.45) is 1.35. The number of benzene rings is 1. The van der Waals surface area contributed by atoms with Gasteiger partial charge in [-0.15, -0.1) is 0 Å². The van der Waals surface area contributed by atoms with Crippen molar-refractivity contribution in [2.45, 2.75) is 13.5 Å². The van der Waals surface area contributed by atoms with Crippen LogP contribution in [0.25, 0.3) is 11.4 Å². The van der Waals surface area contributed by atoms with Gasteiger partial charge in [0, 0.05) is 24.5 Å². The summed E-state index contributed by atoms with van der Waals surface area (Å²) in [6.45, 7) is 1.99. The van der Waals surface area contributed by atoms with E-state index in [9.17, 15) is 14.7 Å². The lowest BCUT2D eigenvalue weighted by atomic mass is 10.2. The molecule has 0 saturated heterocycles. The highest BCUT2D eigenvalue weighted by molar-refractivity contribution is 5.64. The van der Waals surface area contributed by atoms with Crippen LogP contribution in [-0.2, 0) is 6.54 Å². The fraction of sp³-hybridized carbons (Fsp3) is 0.125. The van der Waals surface area contributed by atoms with E-state index in [1.165, 1.54) is 6.20 Å². The predicted molar refractivity (Wildman–Crippen MR) is 88.9 cm³/mol. The van der Waals surface area contributed by atoms with E-state index in [2.05, 4.69) is 25.3 Å². The second-order valence-corrected chi connectivity index (χ2v) is 5.19. The molecule has 0 radical (unpaired) electrons. The monoisotopic (exact) mass is 325 g/mol. The van der Waals surface area contributed by atoms with Gasteiger partial charge in [0.15, 0.2) is 5.82 Å². The van der Waals surface area contributed by atoms with Gasteiger partial charge in [0.1, 0.15) is 11.6 Å². The molecular formula is C16H15N5O3. The Hall–Kier alpha value is -3.42. The first-order valence-corrected chi connectivity index (χ1v) is 7.22. The largest absolute Gasteiger partial charge is 0.507 e. The number of phenolic OH excluding ortho intramolecular Hbond substituents is 1. The number of aromatic hydroxyl groups is 1. The number of aromatic amines is 2. The molecule has 2 aromatic heterocycles. The minimum atomic E-state index is -0.552. The highest BCUT2D eigenvalue weighted by Crippen LogP contribution is 2.26. The third-order valence-corrected chi connectivity index (χ3v) is 3.36. The van der Waals surface area contributed by atoms with Crippen LogP contribution >= 0.6 is 0 Å². The van der Waals surface area contributed by atoms with Crippen molar-refractivity contribution in [3.63, 3.8) is 0 Å². The van der Waals surface area contributed by atoms with Gasteiger partial charge in [-0.1, -0.05) is 12.1 Å². The molecule has 0 amide bonds. The summed E-state index contributed by atoms with van der Waals surface area (Å²) in [4.78, 5) is 36.0. The Morgan fingerprint density at radius 3 is 2.75 bits per heavy atom. The normalized spacial score (nSPS) is 10.5. The van der Waals surface area contributed by atoms with Gasteiger partial charge in [0.05, 0.1) is 11.1 Å². The van der Waals surface area contributed by atoms with Crippen LogP contribution in [-0.4, -0.2) is 25.0 Å². The molecule has 0 atom stereocenters. The molecule has 2 heterocycles. The van der Waals surface area contributed by atoms with Crippen molar-refractivity contribution in [3.8, 4) is 17.1 Å². The van der Waals surface area contributed by atoms with Gasteiger partial charge < -0.3 is 15.4 Å². The number of nitrogens with zero attached hydrogens (tertiary/aromatic N) is 2. The van der Waals surface area contributed by atoms with Crippen molar-refractivity contribution in [3.05, 3.63) is 68.6 Å². The van der Waals surface area contributed by atoms with Crippen molar-refractivity contribution < 1.29 is 5.11 Å². The van der Waals surface area contributed by atoms with E-state index in [-0.39, 0.29) is 12.3 Å². The first-order chi connectivity index (χ1) is 11.5. The van der Waals surface area contributed by atoms with E-state index in [1.807, 2.05) is 6.92 Å². The topological polar surface area (TPSA) is 124 Å².